The van der Waals surface area contributed by atoms with E-state index in [2.05, 4.69) is 22.4 Å². The number of carbonyl (C=O) groups excluding carboxylic acids is 1. The third kappa shape index (κ3) is 1.62. The standard InChI is InChI=1S/C15H15N3O2/c1-16-15(19)20-12-4-5-13-10(7-12)8-18-11-3-2-9(6-11)14(18)17-13/h2-5,7,9,11H,6,8H2,1H3,(H,16,19). The van der Waals surface area contributed by atoms with E-state index in [4.69, 9.17) is 9.73 Å². The molecule has 5 heteroatoms. The van der Waals surface area contributed by atoms with Crippen LogP contribution >= 0.6 is 0 Å². The van der Waals surface area contributed by atoms with Gasteiger partial charge >= 0.3 is 6.09 Å². The molecule has 1 aromatic rings. The minimum absolute atomic E-state index is 0.451. The van der Waals surface area contributed by atoms with Gasteiger partial charge in [-0.05, 0) is 24.6 Å². The molecule has 3 aliphatic rings. The number of rotatable bonds is 1. The zero-order valence-electron chi connectivity index (χ0n) is 11.2. The Morgan fingerprint density at radius 1 is 1.45 bits per heavy atom. The van der Waals surface area contributed by atoms with E-state index >= 15 is 0 Å². The number of amidine groups is 1. The number of nitrogens with zero attached hydrogens (tertiary/aromatic N) is 2. The largest absolute Gasteiger partial charge is 0.412 e. The number of aliphatic imine (C=N–C) groups is 1. The number of benzene rings is 1. The highest BCUT2D eigenvalue weighted by atomic mass is 16.5. The molecule has 102 valence electrons. The molecular weight excluding hydrogens is 254 g/mol. The number of nitrogens with one attached hydrogen (secondary N) is 1. The highest BCUT2D eigenvalue weighted by Crippen LogP contribution is 2.41. The lowest BCUT2D eigenvalue weighted by molar-refractivity contribution is 0.203. The summed E-state index contributed by atoms with van der Waals surface area (Å²) in [4.78, 5) is 18.4. The molecule has 1 amide bonds. The summed E-state index contributed by atoms with van der Waals surface area (Å²) in [7, 11) is 1.55. The van der Waals surface area contributed by atoms with Crippen molar-refractivity contribution in [3.05, 3.63) is 35.9 Å². The summed E-state index contributed by atoms with van der Waals surface area (Å²) < 4.78 is 5.17. The number of fused-ring (bicyclic) bond motifs is 6. The maximum absolute atomic E-state index is 11.3. The fourth-order valence-corrected chi connectivity index (χ4v) is 3.16. The van der Waals surface area contributed by atoms with Gasteiger partial charge in [0.15, 0.2) is 0 Å². The molecule has 1 saturated heterocycles. The number of ether oxygens (including phenoxy) is 1. The second kappa shape index (κ2) is 4.10. The van der Waals surface area contributed by atoms with Crippen LogP contribution in [-0.2, 0) is 6.54 Å². The molecule has 2 bridgehead atoms. The summed E-state index contributed by atoms with van der Waals surface area (Å²) in [5.74, 6) is 2.22. The molecule has 4 rings (SSSR count). The molecule has 0 spiro atoms. The molecule has 0 aromatic heterocycles. The van der Waals surface area contributed by atoms with Crippen molar-refractivity contribution in [2.45, 2.75) is 19.0 Å². The first-order valence-electron chi connectivity index (χ1n) is 6.80. The van der Waals surface area contributed by atoms with Crippen LogP contribution in [0.3, 0.4) is 0 Å². The Morgan fingerprint density at radius 2 is 2.35 bits per heavy atom. The predicted octanol–water partition coefficient (Wildman–Crippen LogP) is 2.21. The zero-order chi connectivity index (χ0) is 13.7. The van der Waals surface area contributed by atoms with Gasteiger partial charge in [-0.1, -0.05) is 12.2 Å². The lowest BCUT2D eigenvalue weighted by Crippen LogP contribution is -2.36. The van der Waals surface area contributed by atoms with Crippen LogP contribution in [0.2, 0.25) is 0 Å². The SMILES string of the molecule is CNC(=O)Oc1ccc2c(c1)CN1C(=N2)C2C=CC1C2. The van der Waals surface area contributed by atoms with Crippen LogP contribution < -0.4 is 10.1 Å². The van der Waals surface area contributed by atoms with Gasteiger partial charge in [-0.3, -0.25) is 0 Å². The minimum atomic E-state index is -0.451. The number of hydrogen-bond acceptors (Lipinski definition) is 4. The molecule has 0 saturated carbocycles. The van der Waals surface area contributed by atoms with Crippen molar-refractivity contribution in [2.24, 2.45) is 10.9 Å². The summed E-state index contributed by atoms with van der Waals surface area (Å²) in [6, 6.07) is 6.10. The monoisotopic (exact) mass is 269 g/mol. The quantitative estimate of drug-likeness (QED) is 0.795. The van der Waals surface area contributed by atoms with Crippen molar-refractivity contribution < 1.29 is 9.53 Å². The molecule has 1 aliphatic carbocycles. The Kier molecular flexibility index (Phi) is 2.36. The molecule has 2 unspecified atom stereocenters. The fourth-order valence-electron chi connectivity index (χ4n) is 3.16. The Bertz CT molecular complexity index is 651. The van der Waals surface area contributed by atoms with Crippen molar-refractivity contribution in [1.29, 1.82) is 0 Å². The van der Waals surface area contributed by atoms with Gasteiger partial charge in [0, 0.05) is 31.1 Å². The Hall–Kier alpha value is -2.30. The van der Waals surface area contributed by atoms with Gasteiger partial charge in [-0.25, -0.2) is 9.79 Å². The van der Waals surface area contributed by atoms with E-state index in [0.29, 0.717) is 17.7 Å². The first-order valence-corrected chi connectivity index (χ1v) is 6.80. The van der Waals surface area contributed by atoms with Crippen LogP contribution in [0.1, 0.15) is 12.0 Å². The average Bonchev–Trinajstić information content (AvgIpc) is 3.06. The first-order chi connectivity index (χ1) is 9.74. The second-order valence-electron chi connectivity index (χ2n) is 5.32. The predicted molar refractivity (Wildman–Crippen MR) is 75.2 cm³/mol. The molecule has 5 nitrogen and oxygen atoms in total. The van der Waals surface area contributed by atoms with Gasteiger partial charge in [-0.2, -0.15) is 0 Å². The number of carbonyl (C=O) groups is 1. The Morgan fingerprint density at radius 3 is 3.20 bits per heavy atom. The van der Waals surface area contributed by atoms with E-state index in [1.165, 1.54) is 5.84 Å². The smallest absolute Gasteiger partial charge is 0.410 e. The lowest BCUT2D eigenvalue weighted by Gasteiger charge is -2.31. The van der Waals surface area contributed by atoms with E-state index in [0.717, 1.165) is 24.2 Å². The second-order valence-corrected chi connectivity index (χ2v) is 5.32. The number of amides is 1. The minimum Gasteiger partial charge on any atom is -0.410 e. The zero-order valence-corrected chi connectivity index (χ0v) is 11.2. The van der Waals surface area contributed by atoms with E-state index in [1.54, 1.807) is 13.1 Å². The summed E-state index contributed by atoms with van der Waals surface area (Å²) in [6.07, 6.45) is 5.22. The van der Waals surface area contributed by atoms with Crippen LogP contribution in [0.5, 0.6) is 5.75 Å². The fraction of sp³-hybridized carbons (Fsp3) is 0.333. The van der Waals surface area contributed by atoms with Gasteiger partial charge in [-0.15, -0.1) is 0 Å². The maximum Gasteiger partial charge on any atom is 0.412 e. The summed E-state index contributed by atoms with van der Waals surface area (Å²) in [5, 5.41) is 2.44. The van der Waals surface area contributed by atoms with E-state index in [9.17, 15) is 4.79 Å². The average molecular weight is 269 g/mol. The molecule has 1 aromatic carbocycles. The molecule has 0 radical (unpaired) electrons. The molecule has 2 atom stereocenters. The van der Waals surface area contributed by atoms with E-state index in [1.807, 2.05) is 12.1 Å². The molecule has 20 heavy (non-hydrogen) atoms. The van der Waals surface area contributed by atoms with Gasteiger partial charge < -0.3 is 15.0 Å². The Labute approximate surface area is 116 Å². The molecule has 1 fully saturated rings. The highest BCUT2D eigenvalue weighted by molar-refractivity contribution is 5.94. The normalized spacial score (nSPS) is 25.1. The first kappa shape index (κ1) is 11.5. The van der Waals surface area contributed by atoms with E-state index < -0.39 is 6.09 Å². The van der Waals surface area contributed by atoms with Crippen LogP contribution in [-0.4, -0.2) is 29.9 Å². The van der Waals surface area contributed by atoms with Crippen LogP contribution in [0.4, 0.5) is 10.5 Å². The van der Waals surface area contributed by atoms with Crippen molar-refractivity contribution in [3.63, 3.8) is 0 Å². The van der Waals surface area contributed by atoms with E-state index in [-0.39, 0.29) is 0 Å². The van der Waals surface area contributed by atoms with Crippen molar-refractivity contribution in [1.82, 2.24) is 10.2 Å². The molecule has 1 N–H and O–H groups in total. The summed E-state index contributed by atoms with van der Waals surface area (Å²) in [6.45, 7) is 0.838. The number of hydrogen-bond donors (Lipinski definition) is 1. The van der Waals surface area contributed by atoms with Crippen LogP contribution in [0.25, 0.3) is 0 Å². The van der Waals surface area contributed by atoms with Gasteiger partial charge in [0.2, 0.25) is 0 Å². The molecule has 2 heterocycles. The van der Waals surface area contributed by atoms with Gasteiger partial charge in [0.05, 0.1) is 5.69 Å². The van der Waals surface area contributed by atoms with Crippen molar-refractivity contribution in [2.75, 3.05) is 7.05 Å². The maximum atomic E-state index is 11.3. The summed E-state index contributed by atoms with van der Waals surface area (Å²) >= 11 is 0. The summed E-state index contributed by atoms with van der Waals surface area (Å²) in [5.41, 5.74) is 2.09. The Balaban J connectivity index is 1.66. The van der Waals surface area contributed by atoms with Crippen molar-refractivity contribution in [3.8, 4) is 5.75 Å². The van der Waals surface area contributed by atoms with Crippen LogP contribution in [0, 0.1) is 5.92 Å². The van der Waals surface area contributed by atoms with Crippen LogP contribution in [0.15, 0.2) is 35.3 Å². The van der Waals surface area contributed by atoms with Gasteiger partial charge in [0.1, 0.15) is 11.6 Å². The topological polar surface area (TPSA) is 53.9 Å². The van der Waals surface area contributed by atoms with Gasteiger partial charge in [0.25, 0.3) is 0 Å². The molecule has 2 aliphatic heterocycles. The molecular formula is C15H15N3O2. The highest BCUT2D eigenvalue weighted by Gasteiger charge is 2.40. The third-order valence-corrected chi connectivity index (χ3v) is 4.13. The lowest BCUT2D eigenvalue weighted by atomic mass is 10.1. The van der Waals surface area contributed by atoms with Crippen molar-refractivity contribution >= 4 is 17.6 Å². The third-order valence-electron chi connectivity index (χ3n) is 4.13.